The summed E-state index contributed by atoms with van der Waals surface area (Å²) in [6.45, 7) is 1.82. The third-order valence-electron chi connectivity index (χ3n) is 4.14. The molecule has 0 amide bonds. The molecule has 2 aromatic rings. The third kappa shape index (κ3) is 2.88. The summed E-state index contributed by atoms with van der Waals surface area (Å²) in [6, 6.07) is 7.74. The van der Waals surface area contributed by atoms with Crippen molar-refractivity contribution in [3.05, 3.63) is 33.8 Å². The van der Waals surface area contributed by atoms with E-state index >= 15 is 0 Å². The topological polar surface area (TPSA) is 62.4 Å². The van der Waals surface area contributed by atoms with E-state index in [0.29, 0.717) is 24.4 Å². The van der Waals surface area contributed by atoms with Crippen molar-refractivity contribution in [2.75, 3.05) is 24.5 Å². The van der Waals surface area contributed by atoms with Crippen molar-refractivity contribution >= 4 is 44.3 Å². The molecule has 0 saturated carbocycles. The number of pyridine rings is 1. The fourth-order valence-corrected chi connectivity index (χ4v) is 3.32. The molecule has 1 aromatic carbocycles. The van der Waals surface area contributed by atoms with Crippen molar-refractivity contribution < 1.29 is 5.11 Å². The number of rotatable bonds is 2. The zero-order valence-corrected chi connectivity index (χ0v) is 13.9. The van der Waals surface area contributed by atoms with Crippen molar-refractivity contribution in [3.63, 3.8) is 0 Å². The summed E-state index contributed by atoms with van der Waals surface area (Å²) in [7, 11) is 0. The van der Waals surface area contributed by atoms with Crippen molar-refractivity contribution in [2.24, 2.45) is 5.73 Å². The van der Waals surface area contributed by atoms with Gasteiger partial charge in [0, 0.05) is 29.5 Å². The SMILES string of the molecule is NCC1(O)CCN(c2ccc3c(Cl)ccc(Br)c3n2)CC1. The van der Waals surface area contributed by atoms with Crippen molar-refractivity contribution in [1.82, 2.24) is 4.98 Å². The van der Waals surface area contributed by atoms with Crippen molar-refractivity contribution in [2.45, 2.75) is 18.4 Å². The first-order valence-electron chi connectivity index (χ1n) is 6.95. The van der Waals surface area contributed by atoms with E-state index in [0.717, 1.165) is 34.3 Å². The van der Waals surface area contributed by atoms with Crippen LogP contribution in [-0.2, 0) is 0 Å². The minimum Gasteiger partial charge on any atom is -0.388 e. The summed E-state index contributed by atoms with van der Waals surface area (Å²) in [5.74, 6) is 0.907. The summed E-state index contributed by atoms with van der Waals surface area (Å²) < 4.78 is 0.930. The van der Waals surface area contributed by atoms with Gasteiger partial charge in [0.15, 0.2) is 0 Å². The van der Waals surface area contributed by atoms with Crippen LogP contribution in [0.1, 0.15) is 12.8 Å². The predicted molar refractivity (Wildman–Crippen MR) is 89.9 cm³/mol. The zero-order chi connectivity index (χ0) is 15.0. The van der Waals surface area contributed by atoms with E-state index in [1.165, 1.54) is 0 Å². The number of benzene rings is 1. The molecule has 0 aliphatic carbocycles. The summed E-state index contributed by atoms with van der Waals surface area (Å²) >= 11 is 9.72. The third-order valence-corrected chi connectivity index (χ3v) is 5.11. The number of hydrogen-bond acceptors (Lipinski definition) is 4. The first-order chi connectivity index (χ1) is 10.0. The molecule has 0 bridgehead atoms. The molecule has 21 heavy (non-hydrogen) atoms. The maximum atomic E-state index is 10.2. The van der Waals surface area contributed by atoms with E-state index in [-0.39, 0.29) is 0 Å². The lowest BCUT2D eigenvalue weighted by Gasteiger charge is -2.38. The molecule has 0 atom stereocenters. The molecular weight excluding hydrogens is 354 g/mol. The van der Waals surface area contributed by atoms with Gasteiger partial charge in [0.1, 0.15) is 5.82 Å². The molecular formula is C15H17BrClN3O. The monoisotopic (exact) mass is 369 g/mol. The second-order valence-electron chi connectivity index (χ2n) is 5.51. The summed E-state index contributed by atoms with van der Waals surface area (Å²) in [4.78, 5) is 6.89. The molecule has 1 saturated heterocycles. The van der Waals surface area contributed by atoms with Gasteiger partial charge in [-0.3, -0.25) is 0 Å². The van der Waals surface area contributed by atoms with E-state index < -0.39 is 5.60 Å². The van der Waals surface area contributed by atoms with Gasteiger partial charge < -0.3 is 15.7 Å². The highest BCUT2D eigenvalue weighted by molar-refractivity contribution is 9.10. The van der Waals surface area contributed by atoms with Gasteiger partial charge in [0.2, 0.25) is 0 Å². The number of hydrogen-bond donors (Lipinski definition) is 2. The van der Waals surface area contributed by atoms with E-state index in [9.17, 15) is 5.11 Å². The van der Waals surface area contributed by atoms with Crippen molar-refractivity contribution in [1.29, 1.82) is 0 Å². The van der Waals surface area contributed by atoms with Crippen LogP contribution in [0.15, 0.2) is 28.7 Å². The van der Waals surface area contributed by atoms with Crippen LogP contribution >= 0.6 is 27.5 Å². The number of anilines is 1. The Morgan fingerprint density at radius 3 is 2.67 bits per heavy atom. The highest BCUT2D eigenvalue weighted by Crippen LogP contribution is 2.31. The van der Waals surface area contributed by atoms with Gasteiger partial charge in [-0.15, -0.1) is 0 Å². The molecule has 112 valence electrons. The van der Waals surface area contributed by atoms with Crippen LogP contribution in [0.4, 0.5) is 5.82 Å². The lowest BCUT2D eigenvalue weighted by atomic mass is 9.92. The Balaban J connectivity index is 1.91. The van der Waals surface area contributed by atoms with Crippen molar-refractivity contribution in [3.8, 4) is 0 Å². The fourth-order valence-electron chi connectivity index (χ4n) is 2.67. The first kappa shape index (κ1) is 15.0. The second-order valence-corrected chi connectivity index (χ2v) is 6.77. The highest BCUT2D eigenvalue weighted by atomic mass is 79.9. The molecule has 3 N–H and O–H groups in total. The van der Waals surface area contributed by atoms with E-state index in [2.05, 4.69) is 20.8 Å². The quantitative estimate of drug-likeness (QED) is 0.853. The Morgan fingerprint density at radius 1 is 1.29 bits per heavy atom. The number of nitrogens with zero attached hydrogens (tertiary/aromatic N) is 2. The van der Waals surface area contributed by atoms with Crippen LogP contribution < -0.4 is 10.6 Å². The Labute approximate surface area is 137 Å². The van der Waals surface area contributed by atoms with Gasteiger partial charge >= 0.3 is 0 Å². The van der Waals surface area contributed by atoms with Gasteiger partial charge in [0.25, 0.3) is 0 Å². The lowest BCUT2D eigenvalue weighted by molar-refractivity contribution is 0.0249. The molecule has 1 aromatic heterocycles. The Bertz CT molecular complexity index is 671. The zero-order valence-electron chi connectivity index (χ0n) is 11.5. The van der Waals surface area contributed by atoms with Crippen LogP contribution in [0.5, 0.6) is 0 Å². The fraction of sp³-hybridized carbons (Fsp3) is 0.400. The molecule has 6 heteroatoms. The molecule has 2 heterocycles. The molecule has 1 aliphatic heterocycles. The van der Waals surface area contributed by atoms with Crippen LogP contribution in [0, 0.1) is 0 Å². The number of fused-ring (bicyclic) bond motifs is 1. The minimum atomic E-state index is -0.725. The summed E-state index contributed by atoms with van der Waals surface area (Å²) in [5.41, 5.74) is 5.76. The summed E-state index contributed by atoms with van der Waals surface area (Å²) in [5, 5.41) is 11.8. The number of piperidine rings is 1. The Morgan fingerprint density at radius 2 is 2.00 bits per heavy atom. The van der Waals surface area contributed by atoms with Gasteiger partial charge in [-0.05, 0) is 53.0 Å². The highest BCUT2D eigenvalue weighted by Gasteiger charge is 2.31. The number of halogens is 2. The average molecular weight is 371 g/mol. The molecule has 4 nitrogen and oxygen atoms in total. The van der Waals surface area contributed by atoms with E-state index in [4.69, 9.17) is 22.3 Å². The smallest absolute Gasteiger partial charge is 0.129 e. The Kier molecular flexibility index (Phi) is 4.10. The van der Waals surface area contributed by atoms with Gasteiger partial charge in [-0.25, -0.2) is 4.98 Å². The lowest BCUT2D eigenvalue weighted by Crippen LogP contribution is -2.48. The molecule has 3 rings (SSSR count). The minimum absolute atomic E-state index is 0.313. The second kappa shape index (κ2) is 5.72. The maximum Gasteiger partial charge on any atom is 0.129 e. The summed E-state index contributed by atoms with van der Waals surface area (Å²) in [6.07, 6.45) is 1.33. The molecule has 1 aliphatic rings. The van der Waals surface area contributed by atoms with Crippen LogP contribution in [0.3, 0.4) is 0 Å². The van der Waals surface area contributed by atoms with Gasteiger partial charge in [-0.1, -0.05) is 11.6 Å². The molecule has 1 fully saturated rings. The number of aromatic nitrogens is 1. The van der Waals surface area contributed by atoms with Crippen LogP contribution in [0.2, 0.25) is 5.02 Å². The normalized spacial score (nSPS) is 18.2. The first-order valence-corrected chi connectivity index (χ1v) is 8.12. The predicted octanol–water partition coefficient (Wildman–Crippen LogP) is 2.94. The largest absolute Gasteiger partial charge is 0.388 e. The van der Waals surface area contributed by atoms with E-state index in [1.54, 1.807) is 0 Å². The van der Waals surface area contributed by atoms with E-state index in [1.807, 2.05) is 24.3 Å². The van der Waals surface area contributed by atoms with Crippen LogP contribution in [-0.4, -0.2) is 35.3 Å². The van der Waals surface area contributed by atoms with Gasteiger partial charge in [-0.2, -0.15) is 0 Å². The molecule has 0 unspecified atom stereocenters. The maximum absolute atomic E-state index is 10.2. The average Bonchev–Trinajstić information content (AvgIpc) is 2.51. The van der Waals surface area contributed by atoms with Gasteiger partial charge in [0.05, 0.1) is 16.1 Å². The molecule has 0 radical (unpaired) electrons. The number of aliphatic hydroxyl groups is 1. The number of nitrogens with two attached hydrogens (primary N) is 1. The standard InChI is InChI=1S/C15H17BrClN3O/c16-11-2-3-12(17)10-1-4-13(19-14(10)11)20-7-5-15(21,9-18)6-8-20/h1-4,21H,5-9,18H2. The molecule has 0 spiro atoms. The van der Waals surface area contributed by atoms with Crippen LogP contribution in [0.25, 0.3) is 10.9 Å². The Hall–Kier alpha value is -0.880.